The van der Waals surface area contributed by atoms with E-state index in [0.29, 0.717) is 0 Å². The second-order valence-electron chi connectivity index (χ2n) is 4.44. The van der Waals surface area contributed by atoms with Gasteiger partial charge < -0.3 is 0 Å². The number of aryl methyl sites for hydroxylation is 1. The maximum atomic E-state index is 10.6. The summed E-state index contributed by atoms with van der Waals surface area (Å²) < 4.78 is 6.19. The van der Waals surface area contributed by atoms with Crippen molar-refractivity contribution in [1.82, 2.24) is 3.98 Å². The topological polar surface area (TPSA) is 56.0 Å². The molecule has 4 nitrogen and oxygen atoms in total. The van der Waals surface area contributed by atoms with E-state index in [1.165, 1.54) is 29.3 Å². The summed E-state index contributed by atoms with van der Waals surface area (Å²) in [5.74, 6) is 0. The third-order valence-electron chi connectivity index (χ3n) is 3.30. The summed E-state index contributed by atoms with van der Waals surface area (Å²) >= 11 is 0.257. The molecule has 2 aromatic rings. The van der Waals surface area contributed by atoms with E-state index in [1.807, 2.05) is 12.1 Å². The van der Waals surface area contributed by atoms with Crippen molar-refractivity contribution in [2.45, 2.75) is 25.7 Å². The number of hydrogen-bond acceptors (Lipinski definition) is 3. The molecule has 1 aromatic carbocycles. The van der Waals surface area contributed by atoms with Crippen LogP contribution in [0.4, 0.5) is 5.69 Å². The van der Waals surface area contributed by atoms with Gasteiger partial charge in [-0.15, -0.1) is 0 Å². The van der Waals surface area contributed by atoms with E-state index in [-0.39, 0.29) is 25.3 Å². The molecule has 0 fully saturated rings. The van der Waals surface area contributed by atoms with Crippen LogP contribution in [-0.2, 0) is 12.8 Å². The predicted octanol–water partition coefficient (Wildman–Crippen LogP) is 2.59. The number of nitro groups is 1. The Labute approximate surface area is 111 Å². The van der Waals surface area contributed by atoms with Crippen molar-refractivity contribution in [1.29, 1.82) is 0 Å². The molecule has 0 saturated heterocycles. The van der Waals surface area contributed by atoms with E-state index in [9.17, 15) is 10.1 Å². The monoisotopic (exact) mass is 308 g/mol. The zero-order chi connectivity index (χ0) is 12.5. The Bertz CT molecular complexity index is 590. The summed E-state index contributed by atoms with van der Waals surface area (Å²) in [6, 6.07) is 6.76. The second kappa shape index (κ2) is 4.67. The number of nitrogens with zero attached hydrogens (tertiary/aromatic N) is 2. The van der Waals surface area contributed by atoms with E-state index in [0.717, 1.165) is 17.7 Å². The van der Waals surface area contributed by atoms with Crippen molar-refractivity contribution < 1.29 is 4.92 Å². The van der Waals surface area contributed by atoms with Crippen molar-refractivity contribution in [2.75, 3.05) is 0 Å². The molecule has 0 radical (unpaired) electrons. The molecule has 5 heteroatoms. The Kier molecular flexibility index (Phi) is 3.02. The normalized spacial score (nSPS) is 14.2. The van der Waals surface area contributed by atoms with Crippen LogP contribution >= 0.6 is 0 Å². The van der Waals surface area contributed by atoms with Gasteiger partial charge in [0.05, 0.1) is 0 Å². The Morgan fingerprint density at radius 1 is 1.17 bits per heavy atom. The zero-order valence-corrected chi connectivity index (χ0v) is 11.5. The van der Waals surface area contributed by atoms with Gasteiger partial charge in [0.25, 0.3) is 0 Å². The van der Waals surface area contributed by atoms with Crippen LogP contribution in [0.3, 0.4) is 0 Å². The number of nitro benzene ring substituents is 1. The van der Waals surface area contributed by atoms with Crippen LogP contribution in [0.2, 0.25) is 0 Å². The standard InChI is InChI=1S/C13H12N2O2Se/c16-15(17)10-7-5-9(6-8-10)13-11-3-1-2-4-12(11)18-14-13/h5-8H,1-4H2. The van der Waals surface area contributed by atoms with Crippen LogP contribution in [-0.4, -0.2) is 23.6 Å². The fourth-order valence-corrected chi connectivity index (χ4v) is 4.37. The van der Waals surface area contributed by atoms with E-state index in [2.05, 4.69) is 3.98 Å². The first-order valence-corrected chi connectivity index (χ1v) is 7.60. The molecular formula is C13H12N2O2Se. The molecule has 0 bridgehead atoms. The molecule has 1 aliphatic rings. The maximum absolute atomic E-state index is 10.6. The number of aromatic nitrogens is 1. The van der Waals surface area contributed by atoms with Crippen molar-refractivity contribution in [3.8, 4) is 11.3 Å². The fourth-order valence-electron chi connectivity index (χ4n) is 2.35. The van der Waals surface area contributed by atoms with Crippen LogP contribution in [0.15, 0.2) is 24.3 Å². The minimum atomic E-state index is -0.366. The second-order valence-corrected chi connectivity index (χ2v) is 6.24. The van der Waals surface area contributed by atoms with Gasteiger partial charge in [-0.3, -0.25) is 0 Å². The van der Waals surface area contributed by atoms with E-state index >= 15 is 0 Å². The summed E-state index contributed by atoms with van der Waals surface area (Å²) in [4.78, 5) is 10.3. The molecule has 1 heterocycles. The first-order valence-electron chi connectivity index (χ1n) is 5.98. The first kappa shape index (κ1) is 11.6. The molecule has 0 aliphatic heterocycles. The average Bonchev–Trinajstić information content (AvgIpc) is 2.82. The van der Waals surface area contributed by atoms with Crippen molar-refractivity contribution >= 4 is 20.4 Å². The molecule has 0 unspecified atom stereocenters. The number of benzene rings is 1. The SMILES string of the molecule is O=[N+]([O-])c1ccc(-c2n[se]c3c2CCCC3)cc1. The minimum absolute atomic E-state index is 0.140. The molecule has 18 heavy (non-hydrogen) atoms. The van der Waals surface area contributed by atoms with E-state index in [4.69, 9.17) is 0 Å². The van der Waals surface area contributed by atoms with Gasteiger partial charge in [0.15, 0.2) is 0 Å². The molecule has 92 valence electrons. The van der Waals surface area contributed by atoms with E-state index < -0.39 is 0 Å². The van der Waals surface area contributed by atoms with Gasteiger partial charge in [0.1, 0.15) is 0 Å². The molecule has 1 aromatic heterocycles. The Balaban J connectivity index is 1.99. The molecule has 3 rings (SSSR count). The van der Waals surface area contributed by atoms with Gasteiger partial charge in [-0.25, -0.2) is 0 Å². The van der Waals surface area contributed by atoms with Crippen molar-refractivity contribution in [2.24, 2.45) is 0 Å². The van der Waals surface area contributed by atoms with Crippen LogP contribution < -0.4 is 0 Å². The van der Waals surface area contributed by atoms with Gasteiger partial charge in [-0.05, 0) is 0 Å². The van der Waals surface area contributed by atoms with Crippen LogP contribution in [0.5, 0.6) is 0 Å². The quantitative estimate of drug-likeness (QED) is 0.487. The molecule has 0 atom stereocenters. The van der Waals surface area contributed by atoms with E-state index in [1.54, 1.807) is 12.1 Å². The number of rotatable bonds is 2. The summed E-state index contributed by atoms with van der Waals surface area (Å²) in [5.41, 5.74) is 3.66. The van der Waals surface area contributed by atoms with Crippen LogP contribution in [0.1, 0.15) is 22.8 Å². The summed E-state index contributed by atoms with van der Waals surface area (Å²) in [6.45, 7) is 0. The molecule has 0 amide bonds. The Hall–Kier alpha value is -1.45. The van der Waals surface area contributed by atoms with Gasteiger partial charge in [-0.2, -0.15) is 0 Å². The zero-order valence-electron chi connectivity index (χ0n) is 9.76. The van der Waals surface area contributed by atoms with Crippen LogP contribution in [0, 0.1) is 10.1 Å². The molecule has 0 N–H and O–H groups in total. The molecule has 0 saturated carbocycles. The van der Waals surface area contributed by atoms with Gasteiger partial charge >= 0.3 is 111 Å². The van der Waals surface area contributed by atoms with Crippen molar-refractivity contribution in [3.05, 3.63) is 44.4 Å². The Morgan fingerprint density at radius 3 is 2.61 bits per heavy atom. The van der Waals surface area contributed by atoms with Gasteiger partial charge in [0, 0.05) is 0 Å². The number of fused-ring (bicyclic) bond motifs is 1. The number of non-ortho nitro benzene ring substituents is 1. The van der Waals surface area contributed by atoms with Gasteiger partial charge in [0.2, 0.25) is 0 Å². The third kappa shape index (κ3) is 2.00. The fraction of sp³-hybridized carbons (Fsp3) is 0.308. The molecule has 0 spiro atoms. The summed E-state index contributed by atoms with van der Waals surface area (Å²) in [5, 5.41) is 10.6. The predicted molar refractivity (Wildman–Crippen MR) is 69.9 cm³/mol. The summed E-state index contributed by atoms with van der Waals surface area (Å²) in [7, 11) is 0. The average molecular weight is 307 g/mol. The third-order valence-corrected chi connectivity index (χ3v) is 5.28. The number of hydrogen-bond donors (Lipinski definition) is 0. The van der Waals surface area contributed by atoms with Gasteiger partial charge in [-0.1, -0.05) is 0 Å². The molecule has 1 aliphatic carbocycles. The molecular weight excluding hydrogens is 295 g/mol. The first-order chi connectivity index (χ1) is 8.75. The Morgan fingerprint density at radius 2 is 1.89 bits per heavy atom. The van der Waals surface area contributed by atoms with Crippen LogP contribution in [0.25, 0.3) is 11.3 Å². The summed E-state index contributed by atoms with van der Waals surface area (Å²) in [6.07, 6.45) is 4.83. The van der Waals surface area contributed by atoms with Crippen molar-refractivity contribution in [3.63, 3.8) is 0 Å².